The Kier molecular flexibility index (Phi) is 3.84. The molecule has 7 rings (SSSR count). The zero-order chi connectivity index (χ0) is 28.1. The number of benzene rings is 1. The van der Waals surface area contributed by atoms with Crippen molar-refractivity contribution in [2.24, 2.45) is 0 Å². The molecule has 9 heteroatoms. The van der Waals surface area contributed by atoms with Crippen LogP contribution in [0.15, 0.2) is 53.3 Å². The van der Waals surface area contributed by atoms with Crippen molar-refractivity contribution in [2.45, 2.75) is 40.0 Å². The van der Waals surface area contributed by atoms with Crippen LogP contribution in [0.3, 0.4) is 0 Å². The average molecular weight is 496 g/mol. The molecule has 0 bridgehead atoms. The van der Waals surface area contributed by atoms with Gasteiger partial charge in [-0.2, -0.15) is 4.98 Å². The third kappa shape index (κ3) is 2.85. The van der Waals surface area contributed by atoms with Crippen LogP contribution in [0, 0.1) is 13.8 Å². The van der Waals surface area contributed by atoms with Crippen molar-refractivity contribution in [3.63, 3.8) is 0 Å². The van der Waals surface area contributed by atoms with Crippen molar-refractivity contribution in [2.75, 3.05) is 33.6 Å². The molecule has 0 fully saturated rings. The van der Waals surface area contributed by atoms with Crippen LogP contribution in [-0.4, -0.2) is 46.3 Å². The Balaban J connectivity index is 1.56. The molecule has 37 heavy (non-hydrogen) atoms. The van der Waals surface area contributed by atoms with E-state index < -0.39 is 13.1 Å². The van der Waals surface area contributed by atoms with E-state index >= 15 is 0 Å². The van der Waals surface area contributed by atoms with Crippen molar-refractivity contribution < 1.29 is 8.53 Å². The van der Waals surface area contributed by atoms with E-state index in [4.69, 9.17) is 13.5 Å². The molecular weight excluding hydrogens is 464 g/mol. The lowest BCUT2D eigenvalue weighted by Crippen LogP contribution is -2.37. The first kappa shape index (κ1) is 18.8. The van der Waals surface area contributed by atoms with Gasteiger partial charge in [-0.25, -0.2) is 15.0 Å². The first-order valence-corrected chi connectivity index (χ1v) is 12.3. The largest absolute Gasteiger partial charge is 0.435 e. The van der Waals surface area contributed by atoms with Gasteiger partial charge in [-0.1, -0.05) is 0 Å². The van der Waals surface area contributed by atoms with Gasteiger partial charge in [0.1, 0.15) is 18.2 Å². The van der Waals surface area contributed by atoms with Crippen molar-refractivity contribution in [3.05, 3.63) is 60.3 Å². The Morgan fingerprint density at radius 2 is 1.54 bits per heavy atom. The highest BCUT2D eigenvalue weighted by atomic mass is 16.3. The van der Waals surface area contributed by atoms with Crippen molar-refractivity contribution in [1.82, 2.24) is 19.9 Å². The molecule has 0 amide bonds. The quantitative estimate of drug-likeness (QED) is 0.309. The molecule has 2 aliphatic rings. The van der Waals surface area contributed by atoms with Gasteiger partial charge >= 0.3 is 0 Å². The predicted octanol–water partition coefficient (Wildman–Crippen LogP) is 5.65. The van der Waals surface area contributed by atoms with Gasteiger partial charge in [0.05, 0.1) is 28.1 Å². The van der Waals surface area contributed by atoms with Crippen LogP contribution in [-0.2, 0) is 0 Å². The van der Waals surface area contributed by atoms with Crippen molar-refractivity contribution >= 4 is 56.5 Å². The summed E-state index contributed by atoms with van der Waals surface area (Å²) < 4.78 is 31.4. The van der Waals surface area contributed by atoms with E-state index in [1.54, 1.807) is 30.7 Å². The number of aromatic nitrogens is 4. The molecule has 0 saturated heterocycles. The Bertz CT molecular complexity index is 1820. The van der Waals surface area contributed by atoms with Gasteiger partial charge in [-0.15, -0.1) is 0 Å². The number of aryl methyl sites for hydroxylation is 1. The molecule has 4 aromatic heterocycles. The summed E-state index contributed by atoms with van der Waals surface area (Å²) in [5, 5.41) is 1.62. The summed E-state index contributed by atoms with van der Waals surface area (Å²) in [5.74, 6) is 2.01. The van der Waals surface area contributed by atoms with Gasteiger partial charge in [0.2, 0.25) is 5.71 Å². The minimum absolute atomic E-state index is 0.0224. The van der Waals surface area contributed by atoms with Crippen molar-refractivity contribution in [3.8, 4) is 0 Å². The summed E-state index contributed by atoms with van der Waals surface area (Å²) in [6, 6.07) is 9.67. The fourth-order valence-electron chi connectivity index (χ4n) is 5.65. The molecule has 0 aliphatic carbocycles. The van der Waals surface area contributed by atoms with Crippen LogP contribution >= 0.6 is 0 Å². The highest BCUT2D eigenvalue weighted by Crippen LogP contribution is 2.51. The minimum Gasteiger partial charge on any atom is -0.435 e. The Labute approximate surface area is 219 Å². The summed E-state index contributed by atoms with van der Waals surface area (Å²) in [4.78, 5) is 26.2. The maximum absolute atomic E-state index is 8.32. The Morgan fingerprint density at radius 1 is 0.865 bits per heavy atom. The van der Waals surface area contributed by atoms with E-state index in [1.807, 2.05) is 31.7 Å². The maximum Gasteiger partial charge on any atom is 0.230 e. The second kappa shape index (κ2) is 7.55. The average Bonchev–Trinajstić information content (AvgIpc) is 3.50. The summed E-state index contributed by atoms with van der Waals surface area (Å²) >= 11 is 0. The minimum atomic E-state index is -2.37. The lowest BCUT2D eigenvalue weighted by atomic mass is 10.0. The third-order valence-electron chi connectivity index (χ3n) is 7.65. The number of anilines is 6. The fourth-order valence-corrected chi connectivity index (χ4v) is 5.65. The molecule has 186 valence electrons. The number of fused-ring (bicyclic) bond motifs is 5. The zero-order valence-electron chi connectivity index (χ0n) is 24.3. The van der Waals surface area contributed by atoms with E-state index in [9.17, 15) is 0 Å². The molecule has 6 heterocycles. The standard InChI is InChI=1S/C28H28N8O/c1-15-23(35-17(3)33(5)21-9-7-11-29-26(21)35)13-19-20-14-31-16(2)32-28(20)37-25(19)24(15)36-18(4)34(6)22-10-8-12-30-27(22)36/h7-14,17-18H,1-6H3/t17-,18+/m1/s1/i6D3. The number of rotatable bonds is 2. The van der Waals surface area contributed by atoms with E-state index in [1.165, 1.54) is 4.90 Å². The lowest BCUT2D eigenvalue weighted by Gasteiger charge is -2.32. The molecule has 0 spiro atoms. The van der Waals surface area contributed by atoms with E-state index in [0.717, 1.165) is 39.2 Å². The molecule has 2 atom stereocenters. The van der Waals surface area contributed by atoms with Gasteiger partial charge in [0.15, 0.2) is 17.2 Å². The first-order valence-electron chi connectivity index (χ1n) is 13.8. The molecule has 2 aliphatic heterocycles. The van der Waals surface area contributed by atoms with Crippen LogP contribution < -0.4 is 19.6 Å². The first-order chi connectivity index (χ1) is 19.1. The monoisotopic (exact) mass is 495 g/mol. The molecule has 0 saturated carbocycles. The summed E-state index contributed by atoms with van der Waals surface area (Å²) in [6.07, 6.45) is 4.67. The third-order valence-corrected chi connectivity index (χ3v) is 7.65. The molecular formula is C28H28N8O. The Hall–Kier alpha value is -4.40. The van der Waals surface area contributed by atoms with Crippen LogP contribution in [0.4, 0.5) is 34.4 Å². The molecule has 0 radical (unpaired) electrons. The van der Waals surface area contributed by atoms with Crippen LogP contribution in [0.2, 0.25) is 0 Å². The smallest absolute Gasteiger partial charge is 0.230 e. The van der Waals surface area contributed by atoms with Gasteiger partial charge in [0, 0.05) is 47.7 Å². The second-order valence-corrected chi connectivity index (χ2v) is 9.66. The molecule has 1 aromatic carbocycles. The van der Waals surface area contributed by atoms with Gasteiger partial charge in [-0.3, -0.25) is 0 Å². The van der Waals surface area contributed by atoms with E-state index in [2.05, 4.69) is 50.9 Å². The number of pyridine rings is 2. The van der Waals surface area contributed by atoms with Gasteiger partial charge in [0.25, 0.3) is 0 Å². The molecule has 0 unspecified atom stereocenters. The number of nitrogens with zero attached hydrogens (tertiary/aromatic N) is 8. The predicted molar refractivity (Wildman–Crippen MR) is 147 cm³/mol. The summed E-state index contributed by atoms with van der Waals surface area (Å²) in [6.45, 7) is 5.50. The van der Waals surface area contributed by atoms with E-state index in [-0.39, 0.29) is 6.17 Å². The number of hydrogen-bond acceptors (Lipinski definition) is 9. The second-order valence-electron chi connectivity index (χ2n) is 9.66. The van der Waals surface area contributed by atoms with Crippen LogP contribution in [0.25, 0.3) is 22.1 Å². The van der Waals surface area contributed by atoms with Crippen LogP contribution in [0.1, 0.15) is 29.3 Å². The van der Waals surface area contributed by atoms with E-state index in [0.29, 0.717) is 28.6 Å². The normalized spacial score (nSPS) is 20.4. The van der Waals surface area contributed by atoms with Crippen molar-refractivity contribution in [1.29, 1.82) is 0 Å². The van der Waals surface area contributed by atoms with Gasteiger partial charge in [-0.05, 0) is 58.0 Å². The number of furan rings is 1. The summed E-state index contributed by atoms with van der Waals surface area (Å²) in [5.41, 5.74) is 5.23. The van der Waals surface area contributed by atoms with Crippen LogP contribution in [0.5, 0.6) is 0 Å². The Morgan fingerprint density at radius 3 is 2.27 bits per heavy atom. The maximum atomic E-state index is 8.32. The fraction of sp³-hybridized carbons (Fsp3) is 0.286. The molecule has 0 N–H and O–H groups in total. The topological polar surface area (TPSA) is 77.7 Å². The summed E-state index contributed by atoms with van der Waals surface area (Å²) in [7, 11) is 2.06. The highest BCUT2D eigenvalue weighted by molar-refractivity contribution is 6.12. The van der Waals surface area contributed by atoms with Gasteiger partial charge < -0.3 is 24.0 Å². The lowest BCUT2D eigenvalue weighted by molar-refractivity contribution is 0.644. The molecule has 5 aromatic rings. The SMILES string of the molecule is [2H]C([2H])([2H])N1c2cccnc2N(c2c(C)c(N3c4ncccc4N(C)[C@H]3C)cc3c2oc2nc(C)ncc23)[C@H]1C. The highest BCUT2D eigenvalue weighted by Gasteiger charge is 2.39. The number of hydrogen-bond donors (Lipinski definition) is 0. The zero-order valence-corrected chi connectivity index (χ0v) is 21.3. The molecule has 9 nitrogen and oxygen atoms in total.